The second-order valence-corrected chi connectivity index (χ2v) is 5.11. The zero-order valence-electron chi connectivity index (χ0n) is 12.0. The summed E-state index contributed by atoms with van der Waals surface area (Å²) in [6.45, 7) is 4.82. The van der Waals surface area contributed by atoms with Gasteiger partial charge in [0.05, 0.1) is 6.54 Å². The fourth-order valence-corrected chi connectivity index (χ4v) is 2.15. The van der Waals surface area contributed by atoms with E-state index in [1.807, 2.05) is 43.9 Å². The molecule has 0 aliphatic rings. The van der Waals surface area contributed by atoms with Gasteiger partial charge >= 0.3 is 0 Å². The van der Waals surface area contributed by atoms with Gasteiger partial charge in [0.1, 0.15) is 11.6 Å². The molecule has 0 saturated carbocycles. The van der Waals surface area contributed by atoms with Gasteiger partial charge in [-0.3, -0.25) is 4.90 Å². The van der Waals surface area contributed by atoms with Crippen LogP contribution in [0.15, 0.2) is 30.6 Å². The quantitative estimate of drug-likeness (QED) is 0.917. The van der Waals surface area contributed by atoms with E-state index in [1.165, 1.54) is 0 Å². The molecule has 0 fully saturated rings. The van der Waals surface area contributed by atoms with Gasteiger partial charge in [0.25, 0.3) is 0 Å². The molecule has 1 atom stereocenters. The predicted molar refractivity (Wildman–Crippen MR) is 75.9 cm³/mol. The van der Waals surface area contributed by atoms with Gasteiger partial charge in [0, 0.05) is 31.0 Å². The molecule has 0 bridgehead atoms. The molecule has 0 aliphatic carbocycles. The summed E-state index contributed by atoms with van der Waals surface area (Å²) in [4.78, 5) is 6.50. The minimum absolute atomic E-state index is 0.136. The minimum Gasteiger partial charge on any atom is -0.508 e. The average molecular weight is 259 g/mol. The number of aromatic hydroxyl groups is 1. The zero-order valence-corrected chi connectivity index (χ0v) is 12.0. The number of nitrogens with zero attached hydrogens (tertiary/aromatic N) is 3. The van der Waals surface area contributed by atoms with E-state index in [2.05, 4.69) is 16.8 Å². The van der Waals surface area contributed by atoms with Gasteiger partial charge in [-0.25, -0.2) is 4.98 Å². The van der Waals surface area contributed by atoms with Crippen molar-refractivity contribution in [2.75, 3.05) is 7.05 Å². The average Bonchev–Trinajstić information content (AvgIpc) is 2.74. The first-order valence-electron chi connectivity index (χ1n) is 6.45. The molecule has 0 amide bonds. The second-order valence-electron chi connectivity index (χ2n) is 5.11. The van der Waals surface area contributed by atoms with Gasteiger partial charge in [-0.1, -0.05) is 12.1 Å². The van der Waals surface area contributed by atoms with Gasteiger partial charge in [-0.2, -0.15) is 0 Å². The van der Waals surface area contributed by atoms with E-state index < -0.39 is 0 Å². The maximum Gasteiger partial charge on any atom is 0.122 e. The summed E-state index contributed by atoms with van der Waals surface area (Å²) in [7, 11) is 4.03. The lowest BCUT2D eigenvalue weighted by atomic mass is 10.0. The number of rotatable bonds is 4. The fraction of sp³-hybridized carbons (Fsp3) is 0.400. The molecule has 2 rings (SSSR count). The SMILES string of the molecule is Cc1ccc(C(C)N(C)Cc2nccn2C)c(O)c1. The summed E-state index contributed by atoms with van der Waals surface area (Å²) in [5, 5.41) is 10.0. The number of aromatic nitrogens is 2. The highest BCUT2D eigenvalue weighted by molar-refractivity contribution is 5.37. The lowest BCUT2D eigenvalue weighted by Gasteiger charge is -2.25. The van der Waals surface area contributed by atoms with Crippen LogP contribution < -0.4 is 0 Å². The second kappa shape index (κ2) is 5.45. The van der Waals surface area contributed by atoms with E-state index in [1.54, 1.807) is 12.3 Å². The lowest BCUT2D eigenvalue weighted by Crippen LogP contribution is -2.23. The van der Waals surface area contributed by atoms with Crippen LogP contribution in [0.4, 0.5) is 0 Å². The lowest BCUT2D eigenvalue weighted by molar-refractivity contribution is 0.240. The molecule has 102 valence electrons. The van der Waals surface area contributed by atoms with Gasteiger partial charge in [0.2, 0.25) is 0 Å². The number of benzene rings is 1. The third-order valence-electron chi connectivity index (χ3n) is 3.61. The fourth-order valence-electron chi connectivity index (χ4n) is 2.15. The van der Waals surface area contributed by atoms with Crippen LogP contribution in [0.2, 0.25) is 0 Å². The summed E-state index contributed by atoms with van der Waals surface area (Å²) in [6, 6.07) is 5.96. The monoisotopic (exact) mass is 259 g/mol. The van der Waals surface area contributed by atoms with Crippen LogP contribution >= 0.6 is 0 Å². The molecule has 2 aromatic rings. The Kier molecular flexibility index (Phi) is 3.90. The summed E-state index contributed by atoms with van der Waals surface area (Å²) < 4.78 is 2.01. The van der Waals surface area contributed by atoms with Gasteiger partial charge < -0.3 is 9.67 Å². The molecule has 1 aromatic heterocycles. The van der Waals surface area contributed by atoms with Crippen molar-refractivity contribution < 1.29 is 5.11 Å². The first-order valence-corrected chi connectivity index (χ1v) is 6.45. The Morgan fingerprint density at radius 3 is 2.74 bits per heavy atom. The van der Waals surface area contributed by atoms with Crippen LogP contribution in [0.1, 0.15) is 29.9 Å². The molecule has 0 radical (unpaired) electrons. The Morgan fingerprint density at radius 2 is 2.16 bits per heavy atom. The smallest absolute Gasteiger partial charge is 0.122 e. The Balaban J connectivity index is 2.14. The maximum atomic E-state index is 10.0. The summed E-state index contributed by atoms with van der Waals surface area (Å²) >= 11 is 0. The van der Waals surface area contributed by atoms with Gasteiger partial charge in [0.15, 0.2) is 0 Å². The normalized spacial score (nSPS) is 12.9. The number of imidazole rings is 1. The van der Waals surface area contributed by atoms with E-state index in [0.717, 1.165) is 23.5 Å². The molecule has 4 nitrogen and oxygen atoms in total. The van der Waals surface area contributed by atoms with Crippen molar-refractivity contribution in [2.45, 2.75) is 26.4 Å². The summed E-state index contributed by atoms with van der Waals surface area (Å²) in [5.74, 6) is 1.38. The summed E-state index contributed by atoms with van der Waals surface area (Å²) in [5.41, 5.74) is 2.02. The highest BCUT2D eigenvalue weighted by Gasteiger charge is 2.16. The number of phenolic OH excluding ortho intramolecular Hbond substituents is 1. The molecule has 1 aromatic carbocycles. The number of hydrogen-bond acceptors (Lipinski definition) is 3. The van der Waals surface area contributed by atoms with E-state index >= 15 is 0 Å². The molecule has 4 heteroatoms. The molecular weight excluding hydrogens is 238 g/mol. The highest BCUT2D eigenvalue weighted by Crippen LogP contribution is 2.29. The number of hydrogen-bond donors (Lipinski definition) is 1. The Labute approximate surface area is 114 Å². The topological polar surface area (TPSA) is 41.3 Å². The third-order valence-corrected chi connectivity index (χ3v) is 3.61. The van der Waals surface area contributed by atoms with Crippen molar-refractivity contribution in [1.82, 2.24) is 14.5 Å². The molecule has 0 spiro atoms. The van der Waals surface area contributed by atoms with Gasteiger partial charge in [-0.15, -0.1) is 0 Å². The molecule has 1 unspecified atom stereocenters. The Morgan fingerprint density at radius 1 is 1.42 bits per heavy atom. The van der Waals surface area contributed by atoms with E-state index in [-0.39, 0.29) is 6.04 Å². The zero-order chi connectivity index (χ0) is 14.0. The van der Waals surface area contributed by atoms with E-state index in [9.17, 15) is 5.11 Å². The molecule has 1 heterocycles. The summed E-state index contributed by atoms with van der Waals surface area (Å²) in [6.07, 6.45) is 3.74. The van der Waals surface area contributed by atoms with Gasteiger partial charge in [-0.05, 0) is 32.5 Å². The van der Waals surface area contributed by atoms with Crippen LogP contribution in [-0.2, 0) is 13.6 Å². The van der Waals surface area contributed by atoms with Crippen LogP contribution in [0.3, 0.4) is 0 Å². The van der Waals surface area contributed by atoms with Crippen molar-refractivity contribution in [2.24, 2.45) is 7.05 Å². The molecule has 0 saturated heterocycles. The van der Waals surface area contributed by atoms with E-state index in [4.69, 9.17) is 0 Å². The Hall–Kier alpha value is -1.81. The van der Waals surface area contributed by atoms with Crippen molar-refractivity contribution in [3.63, 3.8) is 0 Å². The first kappa shape index (κ1) is 13.6. The predicted octanol–water partition coefficient (Wildman–Crippen LogP) is 2.63. The number of phenols is 1. The molecule has 1 N–H and O–H groups in total. The number of aryl methyl sites for hydroxylation is 2. The van der Waals surface area contributed by atoms with E-state index in [0.29, 0.717) is 5.75 Å². The largest absolute Gasteiger partial charge is 0.508 e. The van der Waals surface area contributed by atoms with Crippen LogP contribution in [0, 0.1) is 6.92 Å². The Bertz CT molecular complexity index is 562. The van der Waals surface area contributed by atoms with Crippen molar-refractivity contribution in [3.05, 3.63) is 47.5 Å². The minimum atomic E-state index is 0.136. The van der Waals surface area contributed by atoms with Crippen LogP contribution in [0.5, 0.6) is 5.75 Å². The third kappa shape index (κ3) is 2.96. The molecule has 19 heavy (non-hydrogen) atoms. The molecule has 0 aliphatic heterocycles. The van der Waals surface area contributed by atoms with Crippen LogP contribution in [0.25, 0.3) is 0 Å². The van der Waals surface area contributed by atoms with Crippen molar-refractivity contribution in [3.8, 4) is 5.75 Å². The molecular formula is C15H21N3O. The first-order chi connectivity index (χ1) is 8.99. The standard InChI is InChI=1S/C15H21N3O/c1-11-5-6-13(14(19)9-11)12(2)18(4)10-15-16-7-8-17(15)3/h5-9,12,19H,10H2,1-4H3. The highest BCUT2D eigenvalue weighted by atomic mass is 16.3. The van der Waals surface area contributed by atoms with Crippen molar-refractivity contribution in [1.29, 1.82) is 0 Å². The maximum absolute atomic E-state index is 10.0. The van der Waals surface area contributed by atoms with Crippen molar-refractivity contribution >= 4 is 0 Å². The van der Waals surface area contributed by atoms with Crippen LogP contribution in [-0.4, -0.2) is 26.6 Å².